The van der Waals surface area contributed by atoms with E-state index >= 15 is 0 Å². The summed E-state index contributed by atoms with van der Waals surface area (Å²) in [7, 11) is 0. The molecule has 0 spiro atoms. The Bertz CT molecular complexity index is 1100. The number of rotatable bonds is 2. The smallest absolute Gasteiger partial charge is 1.00 e. The van der Waals surface area contributed by atoms with Crippen molar-refractivity contribution in [1.29, 1.82) is 0 Å². The Morgan fingerprint density at radius 2 is 1.36 bits per heavy atom. The third-order valence-corrected chi connectivity index (χ3v) is 4.89. The van der Waals surface area contributed by atoms with Crippen LogP contribution in [0.2, 0.25) is 0 Å². The molecule has 3 aromatic carbocycles. The van der Waals surface area contributed by atoms with Crippen LogP contribution >= 0.6 is 0 Å². The van der Waals surface area contributed by atoms with Crippen LogP contribution < -0.4 is 24.8 Å². The Morgan fingerprint density at radius 1 is 0.679 bits per heavy atom. The molecular weight excluding hydrogens is 425 g/mol. The summed E-state index contributed by atoms with van der Waals surface area (Å²) >= 11 is 0. The predicted octanol–water partition coefficient (Wildman–Crippen LogP) is -0.379. The van der Waals surface area contributed by atoms with Crippen LogP contribution in [0.1, 0.15) is 28.2 Å². The van der Waals surface area contributed by atoms with Crippen LogP contribution in [0.3, 0.4) is 0 Å². The first-order chi connectivity index (χ1) is 12.4. The van der Waals surface area contributed by atoms with Crippen LogP contribution in [0.15, 0.2) is 91.1 Å². The standard InChI is InChI=1S/C24H16N.2ClH.Cr/c1-2-8-17(9-3-1)22-16-19-10-4-5-13-20(19)23(22)21-14-6-11-18-12-7-15-25-24(18)21;;;/h1-15,23H;2*1H;/q-1;;;+3/p-2. The third kappa shape index (κ3) is 3.75. The fraction of sp³-hybridized carbons (Fsp3) is 0.0417. The quantitative estimate of drug-likeness (QED) is 0.387. The molecule has 1 aromatic heterocycles. The number of allylic oxidation sites excluding steroid dienone is 1. The number of pyridine rings is 1. The molecule has 0 saturated heterocycles. The second-order valence-electron chi connectivity index (χ2n) is 6.35. The molecule has 1 nitrogen and oxygen atoms in total. The Morgan fingerprint density at radius 3 is 2.18 bits per heavy atom. The largest absolute Gasteiger partial charge is 3.00 e. The van der Waals surface area contributed by atoms with Gasteiger partial charge in [0, 0.05) is 11.6 Å². The minimum absolute atomic E-state index is 0. The number of halogens is 2. The molecule has 1 atom stereocenters. The number of hydrogen-bond donors (Lipinski definition) is 0. The number of hydrogen-bond acceptors (Lipinski definition) is 1. The molecule has 0 aliphatic heterocycles. The molecule has 1 aliphatic rings. The van der Waals surface area contributed by atoms with Gasteiger partial charge in [-0.05, 0) is 17.5 Å². The summed E-state index contributed by atoms with van der Waals surface area (Å²) in [6.07, 6.45) is 5.53. The molecule has 28 heavy (non-hydrogen) atoms. The Kier molecular flexibility index (Phi) is 7.47. The molecule has 1 aliphatic carbocycles. The number of aromatic nitrogens is 1. The van der Waals surface area contributed by atoms with Gasteiger partial charge in [-0.15, -0.1) is 41.0 Å². The number of para-hydroxylation sites is 1. The van der Waals surface area contributed by atoms with Gasteiger partial charge in [-0.25, -0.2) is 0 Å². The average Bonchev–Trinajstić information content (AvgIpc) is 3.08. The first-order valence-corrected chi connectivity index (χ1v) is 8.54. The maximum absolute atomic E-state index is 4.69. The van der Waals surface area contributed by atoms with Crippen molar-refractivity contribution in [3.05, 3.63) is 119 Å². The van der Waals surface area contributed by atoms with Crippen molar-refractivity contribution in [2.24, 2.45) is 0 Å². The fourth-order valence-corrected chi connectivity index (χ4v) is 3.78. The Labute approximate surface area is 188 Å². The van der Waals surface area contributed by atoms with Crippen molar-refractivity contribution in [3.63, 3.8) is 0 Å². The molecule has 5 rings (SSSR count). The van der Waals surface area contributed by atoms with Crippen molar-refractivity contribution < 1.29 is 42.2 Å². The van der Waals surface area contributed by atoms with E-state index in [-0.39, 0.29) is 48.1 Å². The van der Waals surface area contributed by atoms with Crippen molar-refractivity contribution >= 4 is 16.5 Å². The number of benzene rings is 3. The SMILES string of the molecule is [C-]1=C(c2ccccc2)C(c2cccc3cccnc23)c2ccccc21.[Cl-].[Cl-].[Cr+3]. The normalized spacial score (nSPS) is 14.1. The van der Waals surface area contributed by atoms with E-state index in [2.05, 4.69) is 89.9 Å². The number of fused-ring (bicyclic) bond motifs is 2. The Balaban J connectivity index is 0.000000934. The van der Waals surface area contributed by atoms with Crippen molar-refractivity contribution in [2.45, 2.75) is 5.92 Å². The zero-order valence-electron chi connectivity index (χ0n) is 14.8. The van der Waals surface area contributed by atoms with Crippen molar-refractivity contribution in [3.8, 4) is 0 Å². The van der Waals surface area contributed by atoms with Crippen molar-refractivity contribution in [2.75, 3.05) is 0 Å². The van der Waals surface area contributed by atoms with Crippen LogP contribution in [-0.2, 0) is 17.4 Å². The summed E-state index contributed by atoms with van der Waals surface area (Å²) in [4.78, 5) is 4.69. The molecule has 4 heteroatoms. The van der Waals surface area contributed by atoms with E-state index in [1.165, 1.54) is 33.2 Å². The summed E-state index contributed by atoms with van der Waals surface area (Å²) < 4.78 is 0. The second kappa shape index (κ2) is 9.41. The van der Waals surface area contributed by atoms with Gasteiger partial charge in [-0.3, -0.25) is 4.98 Å². The van der Waals surface area contributed by atoms with Gasteiger partial charge in [0.05, 0.1) is 5.52 Å². The van der Waals surface area contributed by atoms with Crippen LogP contribution in [0.25, 0.3) is 16.5 Å². The van der Waals surface area contributed by atoms with E-state index in [0.717, 1.165) is 5.52 Å². The predicted molar refractivity (Wildman–Crippen MR) is 102 cm³/mol. The summed E-state index contributed by atoms with van der Waals surface area (Å²) in [6.45, 7) is 0. The molecule has 4 aromatic rings. The molecule has 137 valence electrons. The molecule has 0 fully saturated rings. The minimum Gasteiger partial charge on any atom is -1.00 e. The Hall–Kier alpha value is -2.08. The molecule has 0 bridgehead atoms. The maximum Gasteiger partial charge on any atom is 3.00 e. The third-order valence-electron chi connectivity index (χ3n) is 4.89. The first kappa shape index (κ1) is 22.2. The van der Waals surface area contributed by atoms with E-state index in [4.69, 9.17) is 0 Å². The van der Waals surface area contributed by atoms with E-state index in [0.29, 0.717) is 0 Å². The average molecular weight is 441 g/mol. The zero-order valence-corrected chi connectivity index (χ0v) is 17.6. The summed E-state index contributed by atoms with van der Waals surface area (Å²) in [5.41, 5.74) is 7.24. The molecule has 1 heterocycles. The van der Waals surface area contributed by atoms with Gasteiger partial charge in [0.2, 0.25) is 0 Å². The van der Waals surface area contributed by atoms with Gasteiger partial charge in [-0.1, -0.05) is 66.2 Å². The molecule has 0 saturated carbocycles. The van der Waals surface area contributed by atoms with Crippen molar-refractivity contribution in [1.82, 2.24) is 4.98 Å². The second-order valence-corrected chi connectivity index (χ2v) is 6.35. The zero-order chi connectivity index (χ0) is 16.6. The van der Waals surface area contributed by atoms with Gasteiger partial charge in [-0.2, -0.15) is 0 Å². The van der Waals surface area contributed by atoms with Gasteiger partial charge < -0.3 is 24.8 Å². The minimum atomic E-state index is 0. The van der Waals surface area contributed by atoms with Gasteiger partial charge >= 0.3 is 17.4 Å². The van der Waals surface area contributed by atoms with Crippen LogP contribution in [-0.4, -0.2) is 4.98 Å². The number of nitrogens with zero attached hydrogens (tertiary/aromatic N) is 1. The maximum atomic E-state index is 4.69. The molecule has 0 N–H and O–H groups in total. The fourth-order valence-electron chi connectivity index (χ4n) is 3.78. The molecule has 0 amide bonds. The van der Waals surface area contributed by atoms with Crippen LogP contribution in [0.4, 0.5) is 0 Å². The topological polar surface area (TPSA) is 12.9 Å². The van der Waals surface area contributed by atoms with E-state index < -0.39 is 0 Å². The van der Waals surface area contributed by atoms with E-state index in [1.54, 1.807) is 0 Å². The summed E-state index contributed by atoms with van der Waals surface area (Å²) in [6, 6.07) is 29.7. The molecule has 1 unspecified atom stereocenters. The van der Waals surface area contributed by atoms with Crippen LogP contribution in [0, 0.1) is 6.08 Å². The monoisotopic (exact) mass is 440 g/mol. The van der Waals surface area contributed by atoms with Gasteiger partial charge in [0.1, 0.15) is 0 Å². The van der Waals surface area contributed by atoms with E-state index in [1.807, 2.05) is 12.3 Å². The summed E-state index contributed by atoms with van der Waals surface area (Å²) in [5, 5.41) is 1.18. The van der Waals surface area contributed by atoms with Crippen LogP contribution in [0.5, 0.6) is 0 Å². The molecular formula is C24H16Cl2CrN. The first-order valence-electron chi connectivity index (χ1n) is 8.54. The molecule has 1 radical (unpaired) electrons. The van der Waals surface area contributed by atoms with E-state index in [9.17, 15) is 0 Å². The van der Waals surface area contributed by atoms with Gasteiger partial charge in [0.25, 0.3) is 0 Å². The van der Waals surface area contributed by atoms with Gasteiger partial charge in [0.15, 0.2) is 0 Å². The summed E-state index contributed by atoms with van der Waals surface area (Å²) in [5.74, 6) is 0.164.